The van der Waals surface area contributed by atoms with Crippen LogP contribution in [0, 0.1) is 11.3 Å². The molecule has 1 amide bonds. The molecule has 0 aromatic heterocycles. The van der Waals surface area contributed by atoms with Crippen molar-refractivity contribution >= 4 is 17.5 Å². The van der Waals surface area contributed by atoms with Gasteiger partial charge in [0.15, 0.2) is 0 Å². The molecule has 1 atom stereocenters. The average molecular weight is 258 g/mol. The largest absolute Gasteiger partial charge is 0.338 e. The number of carbonyl (C=O) groups excluding carboxylic acids is 1. The summed E-state index contributed by atoms with van der Waals surface area (Å²) in [6, 6.07) is 0.499. The van der Waals surface area contributed by atoms with Gasteiger partial charge in [-0.15, -0.1) is 11.6 Å². The van der Waals surface area contributed by atoms with E-state index in [-0.39, 0.29) is 11.3 Å². The fourth-order valence-corrected chi connectivity index (χ4v) is 3.28. The van der Waals surface area contributed by atoms with Gasteiger partial charge in [0.1, 0.15) is 0 Å². The summed E-state index contributed by atoms with van der Waals surface area (Å²) in [6.45, 7) is 5.23. The molecule has 3 heteroatoms. The molecule has 0 bridgehead atoms. The topological polar surface area (TPSA) is 20.3 Å². The third-order valence-corrected chi connectivity index (χ3v) is 4.57. The highest BCUT2D eigenvalue weighted by molar-refractivity contribution is 6.18. The Kier molecular flexibility index (Phi) is 4.02. The first-order chi connectivity index (χ1) is 8.06. The predicted molar refractivity (Wildman–Crippen MR) is 71.2 cm³/mol. The van der Waals surface area contributed by atoms with Crippen LogP contribution in [0.25, 0.3) is 0 Å². The third kappa shape index (κ3) is 2.96. The number of halogens is 1. The molecule has 0 aromatic rings. The number of carbonyl (C=O) groups is 1. The molecule has 0 spiro atoms. The summed E-state index contributed by atoms with van der Waals surface area (Å²) in [7, 11) is 0. The van der Waals surface area contributed by atoms with Crippen LogP contribution in [0.4, 0.5) is 0 Å². The number of rotatable bonds is 4. The molecule has 2 aliphatic rings. The highest BCUT2D eigenvalue weighted by atomic mass is 35.5. The van der Waals surface area contributed by atoms with E-state index in [1.54, 1.807) is 0 Å². The fraction of sp³-hybridized carbons (Fsp3) is 0.929. The molecule has 17 heavy (non-hydrogen) atoms. The second-order valence-electron chi connectivity index (χ2n) is 6.24. The summed E-state index contributed by atoms with van der Waals surface area (Å²) < 4.78 is 0. The van der Waals surface area contributed by atoms with Crippen LogP contribution >= 0.6 is 11.6 Å². The molecule has 2 rings (SSSR count). The lowest BCUT2D eigenvalue weighted by molar-refractivity contribution is -0.141. The van der Waals surface area contributed by atoms with Crippen LogP contribution in [0.5, 0.6) is 0 Å². The lowest BCUT2D eigenvalue weighted by Gasteiger charge is -2.40. The van der Waals surface area contributed by atoms with Crippen LogP contribution in [-0.2, 0) is 4.79 Å². The van der Waals surface area contributed by atoms with Crippen LogP contribution in [0.2, 0.25) is 0 Å². The Morgan fingerprint density at radius 2 is 2.00 bits per heavy atom. The van der Waals surface area contributed by atoms with Crippen LogP contribution in [0.3, 0.4) is 0 Å². The molecular weight excluding hydrogens is 234 g/mol. The van der Waals surface area contributed by atoms with Crippen LogP contribution < -0.4 is 0 Å². The van der Waals surface area contributed by atoms with E-state index < -0.39 is 0 Å². The van der Waals surface area contributed by atoms with Crippen molar-refractivity contribution in [2.24, 2.45) is 11.3 Å². The van der Waals surface area contributed by atoms with Gasteiger partial charge in [-0.05, 0) is 31.1 Å². The lowest BCUT2D eigenvalue weighted by Crippen LogP contribution is -2.45. The minimum atomic E-state index is 0.175. The van der Waals surface area contributed by atoms with Crippen LogP contribution in [0.15, 0.2) is 0 Å². The molecule has 0 heterocycles. The highest BCUT2D eigenvalue weighted by Crippen LogP contribution is 2.42. The molecule has 0 aromatic carbocycles. The normalized spacial score (nSPS) is 27.8. The van der Waals surface area contributed by atoms with Gasteiger partial charge in [0.05, 0.1) is 0 Å². The van der Waals surface area contributed by atoms with Gasteiger partial charge in [-0.25, -0.2) is 0 Å². The highest BCUT2D eigenvalue weighted by Gasteiger charge is 2.42. The third-order valence-electron chi connectivity index (χ3n) is 4.40. The van der Waals surface area contributed by atoms with Crippen LogP contribution in [0.1, 0.15) is 52.4 Å². The van der Waals surface area contributed by atoms with Crippen molar-refractivity contribution < 1.29 is 4.79 Å². The van der Waals surface area contributed by atoms with E-state index in [0.717, 1.165) is 13.0 Å². The second-order valence-corrected chi connectivity index (χ2v) is 6.62. The van der Waals surface area contributed by atoms with E-state index in [1.165, 1.54) is 32.1 Å². The Bertz CT molecular complexity index is 286. The van der Waals surface area contributed by atoms with Crippen molar-refractivity contribution in [1.82, 2.24) is 4.90 Å². The minimum absolute atomic E-state index is 0.175. The van der Waals surface area contributed by atoms with Crippen molar-refractivity contribution in [3.63, 3.8) is 0 Å². The Morgan fingerprint density at radius 1 is 1.29 bits per heavy atom. The molecule has 0 saturated heterocycles. The molecule has 98 valence electrons. The molecule has 1 unspecified atom stereocenters. The second kappa shape index (κ2) is 5.17. The van der Waals surface area contributed by atoms with Crippen molar-refractivity contribution in [3.05, 3.63) is 0 Å². The zero-order chi connectivity index (χ0) is 12.5. The van der Waals surface area contributed by atoms with Gasteiger partial charge < -0.3 is 4.90 Å². The van der Waals surface area contributed by atoms with Crippen LogP contribution in [-0.4, -0.2) is 29.3 Å². The van der Waals surface area contributed by atoms with E-state index in [0.29, 0.717) is 17.8 Å². The van der Waals surface area contributed by atoms with Crippen molar-refractivity contribution in [2.75, 3.05) is 12.4 Å². The Morgan fingerprint density at radius 3 is 2.53 bits per heavy atom. The van der Waals surface area contributed by atoms with Gasteiger partial charge in [-0.2, -0.15) is 0 Å². The molecule has 0 radical (unpaired) electrons. The zero-order valence-electron chi connectivity index (χ0n) is 11.0. The Labute approximate surface area is 110 Å². The maximum Gasteiger partial charge on any atom is 0.226 e. The Balaban J connectivity index is 2.05. The standard InChI is InChI=1S/C14H24ClNO/c1-14(2)8-4-3-5-12(14)13(17)16(10-9-15)11-6-7-11/h11-12H,3-10H2,1-2H3. The summed E-state index contributed by atoms with van der Waals surface area (Å²) in [5.41, 5.74) is 0.175. The van der Waals surface area contributed by atoms with E-state index in [1.807, 2.05) is 0 Å². The number of amides is 1. The molecule has 2 aliphatic carbocycles. The van der Waals surface area contributed by atoms with E-state index in [4.69, 9.17) is 11.6 Å². The van der Waals surface area contributed by atoms with Crippen molar-refractivity contribution in [2.45, 2.75) is 58.4 Å². The molecule has 2 nitrogen and oxygen atoms in total. The maximum absolute atomic E-state index is 12.7. The molecule has 0 N–H and O–H groups in total. The lowest BCUT2D eigenvalue weighted by atomic mass is 9.68. The summed E-state index contributed by atoms with van der Waals surface area (Å²) in [5.74, 6) is 1.16. The first-order valence-corrected chi connectivity index (χ1v) is 7.46. The number of hydrogen-bond donors (Lipinski definition) is 0. The van der Waals surface area contributed by atoms with Gasteiger partial charge in [-0.3, -0.25) is 4.79 Å². The molecule has 0 aliphatic heterocycles. The smallest absolute Gasteiger partial charge is 0.226 e. The molecule has 2 fully saturated rings. The van der Waals surface area contributed by atoms with E-state index in [2.05, 4.69) is 18.7 Å². The van der Waals surface area contributed by atoms with Gasteiger partial charge in [-0.1, -0.05) is 26.7 Å². The van der Waals surface area contributed by atoms with E-state index in [9.17, 15) is 4.79 Å². The molecular formula is C14H24ClNO. The number of nitrogens with zero attached hydrogens (tertiary/aromatic N) is 1. The quantitative estimate of drug-likeness (QED) is 0.707. The van der Waals surface area contributed by atoms with E-state index >= 15 is 0 Å². The predicted octanol–water partition coefficient (Wildman–Crippen LogP) is 3.43. The molecule has 2 saturated carbocycles. The van der Waals surface area contributed by atoms with Crippen molar-refractivity contribution in [1.29, 1.82) is 0 Å². The SMILES string of the molecule is CC1(C)CCCCC1C(=O)N(CCCl)C1CC1. The first-order valence-electron chi connectivity index (χ1n) is 6.93. The van der Waals surface area contributed by atoms with Gasteiger partial charge >= 0.3 is 0 Å². The van der Waals surface area contributed by atoms with Gasteiger partial charge in [0, 0.05) is 24.4 Å². The minimum Gasteiger partial charge on any atom is -0.338 e. The first kappa shape index (κ1) is 13.2. The zero-order valence-corrected chi connectivity index (χ0v) is 11.8. The maximum atomic E-state index is 12.7. The van der Waals surface area contributed by atoms with Gasteiger partial charge in [0.25, 0.3) is 0 Å². The number of alkyl halides is 1. The number of hydrogen-bond acceptors (Lipinski definition) is 1. The fourth-order valence-electron chi connectivity index (χ4n) is 3.10. The Hall–Kier alpha value is -0.240. The average Bonchev–Trinajstić information content (AvgIpc) is 3.08. The summed E-state index contributed by atoms with van der Waals surface area (Å²) >= 11 is 5.83. The van der Waals surface area contributed by atoms with Crippen molar-refractivity contribution in [3.8, 4) is 0 Å². The summed E-state index contributed by atoms with van der Waals surface area (Å²) in [4.78, 5) is 14.7. The van der Waals surface area contributed by atoms with Gasteiger partial charge in [0.2, 0.25) is 5.91 Å². The summed E-state index contributed by atoms with van der Waals surface area (Å²) in [6.07, 6.45) is 7.08. The summed E-state index contributed by atoms with van der Waals surface area (Å²) in [5, 5.41) is 0. The monoisotopic (exact) mass is 257 g/mol.